The minimum absolute atomic E-state index is 0.0363. The Bertz CT molecular complexity index is 1190. The number of anilines is 1. The van der Waals surface area contributed by atoms with Gasteiger partial charge in [0.2, 0.25) is 0 Å². The Balaban J connectivity index is 1.54. The summed E-state index contributed by atoms with van der Waals surface area (Å²) in [4.78, 5) is 11.9. The lowest BCUT2D eigenvalue weighted by Gasteiger charge is -2.38. The van der Waals surface area contributed by atoms with Gasteiger partial charge in [-0.15, -0.1) is 23.4 Å². The third kappa shape index (κ3) is 4.03. The van der Waals surface area contributed by atoms with Crippen molar-refractivity contribution in [3.8, 4) is 0 Å². The van der Waals surface area contributed by atoms with Crippen LogP contribution in [0.15, 0.2) is 76.1 Å². The lowest BCUT2D eigenvalue weighted by molar-refractivity contribution is -0.387. The van der Waals surface area contributed by atoms with Crippen LogP contribution in [-0.4, -0.2) is 15.6 Å². The van der Waals surface area contributed by atoms with Crippen LogP contribution < -0.4 is 5.32 Å². The molecule has 2 aliphatic rings. The summed E-state index contributed by atoms with van der Waals surface area (Å²) >= 11 is 18.6. The van der Waals surface area contributed by atoms with Gasteiger partial charge in [-0.1, -0.05) is 51.8 Å². The van der Waals surface area contributed by atoms with Crippen molar-refractivity contribution in [1.29, 1.82) is 0 Å². The third-order valence-electron chi connectivity index (χ3n) is 6.32. The van der Waals surface area contributed by atoms with E-state index in [0.717, 1.165) is 22.1 Å². The Morgan fingerprint density at radius 2 is 1.91 bits per heavy atom. The molecular weight excluding hydrogens is 531 g/mol. The number of nitrogens with zero attached hydrogens (tertiary/aromatic N) is 1. The van der Waals surface area contributed by atoms with Crippen molar-refractivity contribution in [2.75, 3.05) is 5.32 Å². The molecule has 0 bridgehead atoms. The summed E-state index contributed by atoms with van der Waals surface area (Å²) < 4.78 is 1.03. The standard InChI is InChI=1S/C24H19BrCl2N2O2S/c25-14-5-3-4-13(10-14)24-17-12-21(32-20-7-2-1-6-19(20)29(30)31)23(27)22(17)16-11-15(26)8-9-18(16)28-24/h1-11,17,21-24,28H,12H2/t17-,21-,22+,23-,24+/m1/s1. The number of nitro groups is 1. The predicted molar refractivity (Wildman–Crippen MR) is 135 cm³/mol. The van der Waals surface area contributed by atoms with Crippen molar-refractivity contribution in [2.45, 2.75) is 33.9 Å². The van der Waals surface area contributed by atoms with Crippen molar-refractivity contribution >= 4 is 62.3 Å². The highest BCUT2D eigenvalue weighted by atomic mass is 79.9. The Labute approximate surface area is 209 Å². The molecule has 5 rings (SSSR count). The molecule has 0 saturated heterocycles. The molecule has 1 fully saturated rings. The maximum Gasteiger partial charge on any atom is 0.282 e. The van der Waals surface area contributed by atoms with E-state index in [9.17, 15) is 10.1 Å². The van der Waals surface area contributed by atoms with Crippen LogP contribution in [0.2, 0.25) is 5.02 Å². The van der Waals surface area contributed by atoms with Crippen molar-refractivity contribution in [3.63, 3.8) is 0 Å². The molecule has 1 aliphatic heterocycles. The van der Waals surface area contributed by atoms with Gasteiger partial charge in [0.15, 0.2) is 0 Å². The van der Waals surface area contributed by atoms with Crippen molar-refractivity contribution < 1.29 is 4.92 Å². The van der Waals surface area contributed by atoms with Crippen LogP contribution in [0.25, 0.3) is 0 Å². The molecule has 8 heteroatoms. The second-order valence-corrected chi connectivity index (χ2v) is 11.3. The molecule has 0 aromatic heterocycles. The van der Waals surface area contributed by atoms with Crippen molar-refractivity contribution in [3.05, 3.63) is 97.5 Å². The van der Waals surface area contributed by atoms with Gasteiger partial charge >= 0.3 is 0 Å². The van der Waals surface area contributed by atoms with E-state index in [0.29, 0.717) is 9.92 Å². The van der Waals surface area contributed by atoms with Gasteiger partial charge in [0.1, 0.15) is 0 Å². The van der Waals surface area contributed by atoms with Gasteiger partial charge in [-0.05, 0) is 59.9 Å². The molecule has 0 radical (unpaired) electrons. The number of hydrogen-bond acceptors (Lipinski definition) is 4. The number of fused-ring (bicyclic) bond motifs is 3. The highest BCUT2D eigenvalue weighted by Crippen LogP contribution is 2.58. The minimum atomic E-state index is -0.325. The van der Waals surface area contributed by atoms with Crippen molar-refractivity contribution in [1.82, 2.24) is 0 Å². The topological polar surface area (TPSA) is 55.2 Å². The van der Waals surface area contributed by atoms with Crippen LogP contribution in [-0.2, 0) is 0 Å². The molecular formula is C24H19BrCl2N2O2S. The Hall–Kier alpha value is -1.73. The number of hydrogen-bond donors (Lipinski definition) is 1. The molecule has 0 amide bonds. The van der Waals surface area contributed by atoms with Gasteiger partial charge in [-0.3, -0.25) is 10.1 Å². The monoisotopic (exact) mass is 548 g/mol. The van der Waals surface area contributed by atoms with Crippen LogP contribution >= 0.6 is 50.9 Å². The molecule has 164 valence electrons. The first-order valence-electron chi connectivity index (χ1n) is 10.3. The molecule has 5 atom stereocenters. The van der Waals surface area contributed by atoms with Gasteiger partial charge < -0.3 is 5.32 Å². The minimum Gasteiger partial charge on any atom is -0.378 e. The predicted octanol–water partition coefficient (Wildman–Crippen LogP) is 8.05. The second kappa shape index (κ2) is 8.90. The smallest absolute Gasteiger partial charge is 0.282 e. The fourth-order valence-electron chi connectivity index (χ4n) is 4.99. The number of benzene rings is 3. The summed E-state index contributed by atoms with van der Waals surface area (Å²) in [5, 5.41) is 15.8. The molecule has 1 heterocycles. The average molecular weight is 550 g/mol. The summed E-state index contributed by atoms with van der Waals surface area (Å²) in [6, 6.07) is 21.2. The van der Waals surface area contributed by atoms with E-state index in [4.69, 9.17) is 23.2 Å². The number of nitro benzene ring substituents is 1. The Morgan fingerprint density at radius 1 is 1.09 bits per heavy atom. The van der Waals surface area contributed by atoms with Gasteiger partial charge in [-0.25, -0.2) is 0 Å². The SMILES string of the molecule is O=[N+]([O-])c1ccccc1S[C@@H]1C[C@@H]2[C@H](c3cc(Cl)ccc3N[C@H]2c2cccc(Br)c2)[C@@H]1Cl. The molecule has 0 spiro atoms. The number of para-hydroxylation sites is 1. The zero-order valence-corrected chi connectivity index (χ0v) is 20.7. The average Bonchev–Trinajstić information content (AvgIpc) is 3.10. The lowest BCUT2D eigenvalue weighted by Crippen LogP contribution is -2.31. The zero-order chi connectivity index (χ0) is 22.4. The molecule has 3 aromatic carbocycles. The maximum absolute atomic E-state index is 11.5. The number of thioether (sulfide) groups is 1. The quantitative estimate of drug-likeness (QED) is 0.203. The number of alkyl halides is 1. The summed E-state index contributed by atoms with van der Waals surface area (Å²) in [6.07, 6.45) is 0.839. The molecule has 0 unspecified atom stereocenters. The largest absolute Gasteiger partial charge is 0.378 e. The summed E-state index contributed by atoms with van der Waals surface area (Å²) in [6.45, 7) is 0. The summed E-state index contributed by atoms with van der Waals surface area (Å²) in [7, 11) is 0. The van der Waals surface area contributed by atoms with E-state index in [1.807, 2.05) is 42.5 Å². The number of halogens is 3. The van der Waals surface area contributed by atoms with Crippen molar-refractivity contribution in [2.24, 2.45) is 5.92 Å². The maximum atomic E-state index is 11.5. The van der Waals surface area contributed by atoms with E-state index in [-0.39, 0.29) is 39.1 Å². The van der Waals surface area contributed by atoms with Crippen LogP contribution in [0.1, 0.15) is 29.5 Å². The highest BCUT2D eigenvalue weighted by Gasteiger charge is 2.50. The molecule has 3 aromatic rings. The molecule has 1 aliphatic carbocycles. The first-order valence-corrected chi connectivity index (χ1v) is 12.8. The Kier molecular flexibility index (Phi) is 6.14. The van der Waals surface area contributed by atoms with E-state index in [2.05, 4.69) is 33.4 Å². The first-order chi connectivity index (χ1) is 15.4. The lowest BCUT2D eigenvalue weighted by atomic mass is 9.77. The molecule has 1 N–H and O–H groups in total. The zero-order valence-electron chi connectivity index (χ0n) is 16.8. The van der Waals surface area contributed by atoms with E-state index in [1.165, 1.54) is 17.3 Å². The fourth-order valence-corrected chi connectivity index (χ4v) is 7.53. The number of nitrogens with one attached hydrogen (secondary N) is 1. The van der Waals surface area contributed by atoms with Crippen LogP contribution in [0.3, 0.4) is 0 Å². The van der Waals surface area contributed by atoms with E-state index >= 15 is 0 Å². The van der Waals surface area contributed by atoms with Gasteiger partial charge in [0.05, 0.1) is 21.2 Å². The second-order valence-electron chi connectivity index (χ2n) is 8.16. The molecule has 4 nitrogen and oxygen atoms in total. The molecule has 1 saturated carbocycles. The normalized spacial score (nSPS) is 26.2. The van der Waals surface area contributed by atoms with Gasteiger partial charge in [0, 0.05) is 32.4 Å². The van der Waals surface area contributed by atoms with E-state index < -0.39 is 0 Å². The summed E-state index contributed by atoms with van der Waals surface area (Å²) in [5.74, 6) is 0.328. The first kappa shape index (κ1) is 22.1. The van der Waals surface area contributed by atoms with E-state index in [1.54, 1.807) is 12.1 Å². The van der Waals surface area contributed by atoms with Crippen LogP contribution in [0.5, 0.6) is 0 Å². The van der Waals surface area contributed by atoms with Gasteiger partial charge in [-0.2, -0.15) is 0 Å². The fraction of sp³-hybridized carbons (Fsp3) is 0.250. The Morgan fingerprint density at radius 3 is 2.69 bits per heavy atom. The van der Waals surface area contributed by atoms with Crippen LogP contribution in [0, 0.1) is 16.0 Å². The van der Waals surface area contributed by atoms with Crippen LogP contribution in [0.4, 0.5) is 11.4 Å². The van der Waals surface area contributed by atoms with Gasteiger partial charge in [0.25, 0.3) is 5.69 Å². The highest BCUT2D eigenvalue weighted by molar-refractivity contribution is 9.10. The third-order valence-corrected chi connectivity index (χ3v) is 9.16. The molecule has 32 heavy (non-hydrogen) atoms. The summed E-state index contributed by atoms with van der Waals surface area (Å²) in [5.41, 5.74) is 3.48. The number of rotatable bonds is 4.